The monoisotopic (exact) mass is 243 g/mol. The Bertz CT molecular complexity index is 392. The van der Waals surface area contributed by atoms with Crippen molar-refractivity contribution in [3.05, 3.63) is 33.8 Å². The minimum Gasteiger partial charge on any atom is -0.298 e. The molecule has 0 aromatic heterocycles. The van der Waals surface area contributed by atoms with E-state index in [1.165, 1.54) is 0 Å². The summed E-state index contributed by atoms with van der Waals surface area (Å²) in [4.78, 5) is 13.2. The number of rotatable bonds is 2. The van der Waals surface area contributed by atoms with Crippen molar-refractivity contribution in [2.75, 3.05) is 13.1 Å². The number of hydrogen-bond donors (Lipinski definition) is 0. The highest BCUT2D eigenvalue weighted by atomic mass is 35.5. The van der Waals surface area contributed by atoms with Crippen LogP contribution in [0.1, 0.15) is 12.0 Å². The molecular formula is C11H11Cl2NO. The van der Waals surface area contributed by atoms with E-state index in [1.54, 1.807) is 6.07 Å². The van der Waals surface area contributed by atoms with Gasteiger partial charge in [0.05, 0.1) is 6.54 Å². The molecular weight excluding hydrogens is 233 g/mol. The highest BCUT2D eigenvalue weighted by Crippen LogP contribution is 2.23. The Balaban J connectivity index is 2.07. The third-order valence-electron chi connectivity index (χ3n) is 2.52. The molecule has 0 N–H and O–H groups in total. The Morgan fingerprint density at radius 2 is 2.13 bits per heavy atom. The molecule has 1 aromatic rings. The number of Topliss-reactive ketones (excluding diaryl/α,β-unsaturated/α-hetero) is 1. The van der Waals surface area contributed by atoms with Crippen molar-refractivity contribution in [2.45, 2.75) is 13.0 Å². The average Bonchev–Trinajstić information content (AvgIpc) is 2.56. The fraction of sp³-hybridized carbons (Fsp3) is 0.364. The Kier molecular flexibility index (Phi) is 3.29. The Morgan fingerprint density at radius 3 is 2.73 bits per heavy atom. The topological polar surface area (TPSA) is 20.3 Å². The van der Waals surface area contributed by atoms with Crippen molar-refractivity contribution < 1.29 is 4.79 Å². The van der Waals surface area contributed by atoms with E-state index in [9.17, 15) is 4.79 Å². The van der Waals surface area contributed by atoms with Gasteiger partial charge in [0.2, 0.25) is 0 Å². The van der Waals surface area contributed by atoms with Crippen molar-refractivity contribution >= 4 is 29.0 Å². The van der Waals surface area contributed by atoms with E-state index in [-0.39, 0.29) is 0 Å². The number of carbonyl (C=O) groups is 1. The van der Waals surface area contributed by atoms with Gasteiger partial charge in [-0.1, -0.05) is 29.3 Å². The van der Waals surface area contributed by atoms with E-state index in [0.29, 0.717) is 28.8 Å². The number of likely N-dealkylation sites (tertiary alicyclic amines) is 1. The lowest BCUT2D eigenvalue weighted by Gasteiger charge is -2.14. The van der Waals surface area contributed by atoms with Gasteiger partial charge < -0.3 is 0 Å². The van der Waals surface area contributed by atoms with Crippen LogP contribution >= 0.6 is 23.2 Å². The zero-order valence-electron chi connectivity index (χ0n) is 8.17. The van der Waals surface area contributed by atoms with Gasteiger partial charge in [-0.15, -0.1) is 0 Å². The molecule has 1 saturated heterocycles. The van der Waals surface area contributed by atoms with Crippen LogP contribution in [0.25, 0.3) is 0 Å². The lowest BCUT2D eigenvalue weighted by Crippen LogP contribution is -2.20. The van der Waals surface area contributed by atoms with E-state index in [0.717, 1.165) is 18.7 Å². The maximum absolute atomic E-state index is 11.1. The smallest absolute Gasteiger partial charge is 0.148 e. The second-order valence-electron chi connectivity index (χ2n) is 3.74. The predicted octanol–water partition coefficient (Wildman–Crippen LogP) is 2.77. The summed E-state index contributed by atoms with van der Waals surface area (Å²) in [5.74, 6) is 0.306. The first-order chi connectivity index (χ1) is 7.15. The van der Waals surface area contributed by atoms with Crippen LogP contribution in [-0.4, -0.2) is 23.8 Å². The van der Waals surface area contributed by atoms with Crippen LogP contribution in [0.2, 0.25) is 10.0 Å². The van der Waals surface area contributed by atoms with Gasteiger partial charge in [0.25, 0.3) is 0 Å². The second-order valence-corrected chi connectivity index (χ2v) is 4.58. The molecule has 1 heterocycles. The molecule has 1 aromatic carbocycles. The van der Waals surface area contributed by atoms with Crippen LogP contribution < -0.4 is 0 Å². The van der Waals surface area contributed by atoms with Gasteiger partial charge in [-0.3, -0.25) is 9.69 Å². The van der Waals surface area contributed by atoms with E-state index in [1.807, 2.05) is 12.1 Å². The zero-order valence-corrected chi connectivity index (χ0v) is 9.68. The fourth-order valence-corrected chi connectivity index (χ4v) is 2.18. The molecule has 15 heavy (non-hydrogen) atoms. The first-order valence-electron chi connectivity index (χ1n) is 4.83. The molecule has 0 amide bonds. The highest BCUT2D eigenvalue weighted by molar-refractivity contribution is 6.35. The molecule has 1 aliphatic heterocycles. The van der Waals surface area contributed by atoms with E-state index < -0.39 is 0 Å². The molecule has 2 rings (SSSR count). The molecule has 0 spiro atoms. The standard InChI is InChI=1S/C11H11Cl2NO/c12-9-2-1-8(11(13)5-9)6-14-4-3-10(15)7-14/h1-2,5H,3-4,6-7H2. The Hall–Kier alpha value is -0.570. The maximum atomic E-state index is 11.1. The van der Waals surface area contributed by atoms with Crippen LogP contribution in [0.5, 0.6) is 0 Å². The first-order valence-corrected chi connectivity index (χ1v) is 5.59. The van der Waals surface area contributed by atoms with Crippen LogP contribution in [-0.2, 0) is 11.3 Å². The number of carbonyl (C=O) groups excluding carboxylic acids is 1. The van der Waals surface area contributed by atoms with Crippen molar-refractivity contribution in [2.24, 2.45) is 0 Å². The first kappa shape index (κ1) is 10.9. The number of halogens is 2. The summed E-state index contributed by atoms with van der Waals surface area (Å²) < 4.78 is 0. The van der Waals surface area contributed by atoms with Gasteiger partial charge in [-0.2, -0.15) is 0 Å². The third-order valence-corrected chi connectivity index (χ3v) is 3.10. The average molecular weight is 244 g/mol. The highest BCUT2D eigenvalue weighted by Gasteiger charge is 2.19. The fourth-order valence-electron chi connectivity index (χ4n) is 1.72. The SMILES string of the molecule is O=C1CCN(Cc2ccc(Cl)cc2Cl)C1. The molecule has 0 saturated carbocycles. The molecule has 0 radical (unpaired) electrons. The summed E-state index contributed by atoms with van der Waals surface area (Å²) in [5, 5.41) is 1.31. The summed E-state index contributed by atoms with van der Waals surface area (Å²) in [6.45, 7) is 2.10. The predicted molar refractivity (Wildman–Crippen MR) is 61.4 cm³/mol. The van der Waals surface area contributed by atoms with E-state index >= 15 is 0 Å². The molecule has 1 fully saturated rings. The lowest BCUT2D eigenvalue weighted by molar-refractivity contribution is -0.116. The summed E-state index contributed by atoms with van der Waals surface area (Å²) in [6, 6.07) is 5.46. The summed E-state index contributed by atoms with van der Waals surface area (Å²) in [5.41, 5.74) is 1.02. The number of hydrogen-bond acceptors (Lipinski definition) is 2. The van der Waals surface area contributed by atoms with Gasteiger partial charge in [0.1, 0.15) is 5.78 Å². The molecule has 2 nitrogen and oxygen atoms in total. The summed E-state index contributed by atoms with van der Waals surface area (Å²) >= 11 is 11.9. The van der Waals surface area contributed by atoms with Crippen LogP contribution in [0.4, 0.5) is 0 Å². The van der Waals surface area contributed by atoms with Crippen molar-refractivity contribution in [3.8, 4) is 0 Å². The minimum atomic E-state index is 0.306. The van der Waals surface area contributed by atoms with Gasteiger partial charge in [0, 0.05) is 29.6 Å². The van der Waals surface area contributed by atoms with Gasteiger partial charge in [-0.25, -0.2) is 0 Å². The second kappa shape index (κ2) is 4.52. The number of benzene rings is 1. The zero-order chi connectivity index (χ0) is 10.8. The van der Waals surface area contributed by atoms with Crippen molar-refractivity contribution in [1.82, 2.24) is 4.90 Å². The van der Waals surface area contributed by atoms with E-state index in [2.05, 4.69) is 4.90 Å². The number of nitrogens with zero attached hydrogens (tertiary/aromatic N) is 1. The normalized spacial score (nSPS) is 17.3. The Morgan fingerprint density at radius 1 is 1.33 bits per heavy atom. The largest absolute Gasteiger partial charge is 0.298 e. The molecule has 0 atom stereocenters. The quantitative estimate of drug-likeness (QED) is 0.797. The van der Waals surface area contributed by atoms with Gasteiger partial charge in [0.15, 0.2) is 0 Å². The number of ketones is 1. The van der Waals surface area contributed by atoms with Gasteiger partial charge >= 0.3 is 0 Å². The lowest BCUT2D eigenvalue weighted by atomic mass is 10.2. The molecule has 0 unspecified atom stereocenters. The van der Waals surface area contributed by atoms with Crippen LogP contribution in [0.15, 0.2) is 18.2 Å². The molecule has 0 bridgehead atoms. The van der Waals surface area contributed by atoms with Crippen LogP contribution in [0.3, 0.4) is 0 Å². The summed E-state index contributed by atoms with van der Waals surface area (Å²) in [7, 11) is 0. The molecule has 4 heteroatoms. The molecule has 80 valence electrons. The maximum Gasteiger partial charge on any atom is 0.148 e. The minimum absolute atomic E-state index is 0.306. The van der Waals surface area contributed by atoms with Crippen molar-refractivity contribution in [3.63, 3.8) is 0 Å². The summed E-state index contributed by atoms with van der Waals surface area (Å²) in [6.07, 6.45) is 0.658. The van der Waals surface area contributed by atoms with Gasteiger partial charge in [-0.05, 0) is 17.7 Å². The third kappa shape index (κ3) is 2.71. The molecule has 1 aliphatic rings. The Labute approximate surface area is 98.8 Å². The van der Waals surface area contributed by atoms with Crippen LogP contribution in [0, 0.1) is 0 Å². The molecule has 0 aliphatic carbocycles. The van der Waals surface area contributed by atoms with E-state index in [4.69, 9.17) is 23.2 Å². The van der Waals surface area contributed by atoms with Crippen molar-refractivity contribution in [1.29, 1.82) is 0 Å².